The van der Waals surface area contributed by atoms with E-state index in [1.807, 2.05) is 18.6 Å². The van der Waals surface area contributed by atoms with Crippen LogP contribution in [0.5, 0.6) is 0 Å². The van der Waals surface area contributed by atoms with Crippen molar-refractivity contribution in [2.75, 3.05) is 17.8 Å². The minimum absolute atomic E-state index is 0.103. The molecular formula is C25H42N2OS2. The summed E-state index contributed by atoms with van der Waals surface area (Å²) >= 11 is 3.21. The molecule has 170 valence electrons. The predicted molar refractivity (Wildman–Crippen MR) is 136 cm³/mol. The molecule has 0 saturated heterocycles. The summed E-state index contributed by atoms with van der Waals surface area (Å²) in [6.45, 7) is 2.27. The normalized spacial score (nSPS) is 11.3. The van der Waals surface area contributed by atoms with Crippen molar-refractivity contribution in [3.8, 4) is 0 Å². The van der Waals surface area contributed by atoms with Gasteiger partial charge in [-0.25, -0.2) is 4.98 Å². The molecule has 0 aliphatic rings. The number of carbonyl (C=O) groups excluding carboxylic acids is 1. The first-order valence-corrected chi connectivity index (χ1v) is 14.2. The van der Waals surface area contributed by atoms with Crippen LogP contribution in [0.3, 0.4) is 0 Å². The zero-order valence-corrected chi connectivity index (χ0v) is 21.0. The van der Waals surface area contributed by atoms with E-state index in [9.17, 15) is 4.79 Å². The van der Waals surface area contributed by atoms with E-state index in [0.717, 1.165) is 28.5 Å². The molecule has 1 heterocycles. The van der Waals surface area contributed by atoms with Crippen LogP contribution in [0.4, 0.5) is 5.69 Å². The standard InChI is InChI=1S/C25H42N2OS2/c1-4-5-6-7-8-9-10-11-12-13-14-15-16-17-18-19-23(28)27-24-22(29-2)20-21-26-25(24)30-3/h11-12,20-21H,4-10,13-19H2,1-3H3,(H,27,28). The molecule has 1 aromatic heterocycles. The SMILES string of the molecule is CCCCCCCCC=CCCCCCCCC(=O)Nc1c(SC)ccnc1SC. The molecule has 0 fully saturated rings. The fourth-order valence-corrected chi connectivity index (χ4v) is 4.57. The first-order chi connectivity index (χ1) is 14.7. The smallest absolute Gasteiger partial charge is 0.224 e. The summed E-state index contributed by atoms with van der Waals surface area (Å²) in [5, 5.41) is 3.97. The van der Waals surface area contributed by atoms with Crippen molar-refractivity contribution in [3.05, 3.63) is 24.4 Å². The first kappa shape index (κ1) is 27.1. The number of carbonyl (C=O) groups is 1. The molecule has 1 aromatic rings. The average molecular weight is 451 g/mol. The lowest BCUT2D eigenvalue weighted by molar-refractivity contribution is -0.116. The molecule has 0 saturated carbocycles. The zero-order valence-electron chi connectivity index (χ0n) is 19.4. The number of anilines is 1. The number of hydrogen-bond acceptors (Lipinski definition) is 4. The second kappa shape index (κ2) is 18.8. The topological polar surface area (TPSA) is 42.0 Å². The fourth-order valence-electron chi connectivity index (χ4n) is 3.42. The molecule has 0 radical (unpaired) electrons. The van der Waals surface area contributed by atoms with Crippen molar-refractivity contribution in [1.29, 1.82) is 0 Å². The number of hydrogen-bond donors (Lipinski definition) is 1. The minimum atomic E-state index is 0.103. The highest BCUT2D eigenvalue weighted by molar-refractivity contribution is 7.99. The van der Waals surface area contributed by atoms with Crippen molar-refractivity contribution in [3.63, 3.8) is 0 Å². The fraction of sp³-hybridized carbons (Fsp3) is 0.680. The van der Waals surface area contributed by atoms with E-state index in [2.05, 4.69) is 29.4 Å². The van der Waals surface area contributed by atoms with Crippen molar-refractivity contribution in [1.82, 2.24) is 4.98 Å². The number of aromatic nitrogens is 1. The van der Waals surface area contributed by atoms with Crippen LogP contribution in [0, 0.1) is 0 Å². The highest BCUT2D eigenvalue weighted by Crippen LogP contribution is 2.32. The first-order valence-electron chi connectivity index (χ1n) is 11.7. The molecule has 0 aliphatic carbocycles. The molecular weight excluding hydrogens is 408 g/mol. The third kappa shape index (κ3) is 12.7. The third-order valence-electron chi connectivity index (χ3n) is 5.22. The van der Waals surface area contributed by atoms with Crippen LogP contribution in [-0.4, -0.2) is 23.4 Å². The number of amides is 1. The summed E-state index contributed by atoms with van der Waals surface area (Å²) in [5.41, 5.74) is 0.871. The maximum Gasteiger partial charge on any atom is 0.224 e. The minimum Gasteiger partial charge on any atom is -0.323 e. The maximum absolute atomic E-state index is 12.3. The lowest BCUT2D eigenvalue weighted by Crippen LogP contribution is -2.13. The van der Waals surface area contributed by atoms with Gasteiger partial charge in [-0.1, -0.05) is 70.4 Å². The van der Waals surface area contributed by atoms with Crippen LogP contribution in [0.2, 0.25) is 0 Å². The van der Waals surface area contributed by atoms with Crippen molar-refractivity contribution in [2.24, 2.45) is 0 Å². The second-order valence-corrected chi connectivity index (χ2v) is 9.42. The van der Waals surface area contributed by atoms with Gasteiger partial charge < -0.3 is 5.32 Å². The lowest BCUT2D eigenvalue weighted by atomic mass is 10.1. The van der Waals surface area contributed by atoms with Crippen LogP contribution in [0.1, 0.15) is 96.8 Å². The van der Waals surface area contributed by atoms with Crippen LogP contribution < -0.4 is 5.32 Å². The largest absolute Gasteiger partial charge is 0.323 e. The van der Waals surface area contributed by atoms with E-state index in [-0.39, 0.29) is 5.91 Å². The number of pyridine rings is 1. The van der Waals surface area contributed by atoms with E-state index < -0.39 is 0 Å². The highest BCUT2D eigenvalue weighted by Gasteiger charge is 2.11. The number of nitrogens with one attached hydrogen (secondary N) is 1. The van der Waals surface area contributed by atoms with Gasteiger partial charge in [0, 0.05) is 17.5 Å². The Hall–Kier alpha value is -0.940. The Morgan fingerprint density at radius 2 is 1.50 bits per heavy atom. The molecule has 3 nitrogen and oxygen atoms in total. The summed E-state index contributed by atoms with van der Waals surface area (Å²) in [6.07, 6.45) is 27.7. The second-order valence-electron chi connectivity index (χ2n) is 7.78. The van der Waals surface area contributed by atoms with Gasteiger partial charge in [0.05, 0.1) is 5.69 Å². The predicted octanol–water partition coefficient (Wildman–Crippen LogP) is 8.50. The lowest BCUT2D eigenvalue weighted by Gasteiger charge is -2.12. The van der Waals surface area contributed by atoms with Gasteiger partial charge in [-0.2, -0.15) is 0 Å². The van der Waals surface area contributed by atoms with Gasteiger partial charge in [0.15, 0.2) is 0 Å². The summed E-state index contributed by atoms with van der Waals surface area (Å²) in [5.74, 6) is 0.103. The van der Waals surface area contributed by atoms with Crippen molar-refractivity contribution in [2.45, 2.75) is 107 Å². The van der Waals surface area contributed by atoms with Gasteiger partial charge in [-0.15, -0.1) is 23.5 Å². The summed E-state index contributed by atoms with van der Waals surface area (Å²) < 4.78 is 0. The number of thioether (sulfide) groups is 2. The van der Waals surface area contributed by atoms with E-state index >= 15 is 0 Å². The van der Waals surface area contributed by atoms with Gasteiger partial charge >= 0.3 is 0 Å². The van der Waals surface area contributed by atoms with Gasteiger partial charge in [0.25, 0.3) is 0 Å². The van der Waals surface area contributed by atoms with Crippen LogP contribution >= 0.6 is 23.5 Å². The van der Waals surface area contributed by atoms with E-state index in [4.69, 9.17) is 0 Å². The number of rotatable bonds is 18. The summed E-state index contributed by atoms with van der Waals surface area (Å²) in [7, 11) is 0. The molecule has 1 amide bonds. The Kier molecular flexibility index (Phi) is 17.0. The number of unbranched alkanes of at least 4 members (excludes halogenated alkanes) is 11. The number of allylic oxidation sites excluding steroid dienone is 2. The molecule has 5 heteroatoms. The van der Waals surface area contributed by atoms with E-state index in [1.54, 1.807) is 29.7 Å². The van der Waals surface area contributed by atoms with Crippen molar-refractivity contribution < 1.29 is 4.79 Å². The Morgan fingerprint density at radius 1 is 0.900 bits per heavy atom. The molecule has 0 aromatic carbocycles. The molecule has 1 rings (SSSR count). The van der Waals surface area contributed by atoms with Crippen LogP contribution in [0.25, 0.3) is 0 Å². The van der Waals surface area contributed by atoms with Gasteiger partial charge in [0.1, 0.15) is 5.03 Å². The third-order valence-corrected chi connectivity index (χ3v) is 6.70. The molecule has 0 bridgehead atoms. The van der Waals surface area contributed by atoms with E-state index in [1.165, 1.54) is 70.6 Å². The Labute approximate surface area is 193 Å². The quantitative estimate of drug-likeness (QED) is 0.138. The molecule has 0 aliphatic heterocycles. The Morgan fingerprint density at radius 3 is 2.10 bits per heavy atom. The van der Waals surface area contributed by atoms with Gasteiger partial charge in [0.2, 0.25) is 5.91 Å². The van der Waals surface area contributed by atoms with Gasteiger partial charge in [-0.3, -0.25) is 4.79 Å². The molecule has 0 atom stereocenters. The van der Waals surface area contributed by atoms with Gasteiger partial charge in [-0.05, 0) is 50.7 Å². The maximum atomic E-state index is 12.3. The van der Waals surface area contributed by atoms with Crippen molar-refractivity contribution >= 4 is 35.1 Å². The Bertz CT molecular complexity index is 583. The highest BCUT2D eigenvalue weighted by atomic mass is 32.2. The van der Waals surface area contributed by atoms with Crippen LogP contribution in [-0.2, 0) is 4.79 Å². The molecule has 30 heavy (non-hydrogen) atoms. The average Bonchev–Trinajstić information content (AvgIpc) is 2.76. The summed E-state index contributed by atoms with van der Waals surface area (Å²) in [4.78, 5) is 17.8. The summed E-state index contributed by atoms with van der Waals surface area (Å²) in [6, 6.07) is 1.96. The molecule has 0 unspecified atom stereocenters. The molecule has 0 spiro atoms. The monoisotopic (exact) mass is 450 g/mol. The number of nitrogens with zero attached hydrogens (tertiary/aromatic N) is 1. The Balaban J connectivity index is 2.03. The zero-order chi connectivity index (χ0) is 21.9. The van der Waals surface area contributed by atoms with E-state index in [0.29, 0.717) is 6.42 Å². The molecule has 1 N–H and O–H groups in total. The van der Waals surface area contributed by atoms with Crippen LogP contribution in [0.15, 0.2) is 34.3 Å².